The number of nitrogens with zero attached hydrogens (tertiary/aromatic N) is 2. The van der Waals surface area contributed by atoms with Gasteiger partial charge in [-0.3, -0.25) is 9.98 Å². The minimum absolute atomic E-state index is 0. The Balaban J connectivity index is 0.00000192. The third-order valence-electron chi connectivity index (χ3n) is 6.37. The fourth-order valence-corrected chi connectivity index (χ4v) is 4.13. The number of carboxylic acid groups (broad SMARTS) is 2. The molecular weight excluding hydrogens is 615 g/mol. The van der Waals surface area contributed by atoms with Gasteiger partial charge < -0.3 is 30.0 Å². The maximum atomic E-state index is 10.9. The fraction of sp³-hybridized carbons (Fsp3) is 0.389. The first-order valence-corrected chi connectivity index (χ1v) is 14.6. The number of carbonyl (C=O) groups excluding carboxylic acids is 2. The Hall–Kier alpha value is -3.95. The number of benzene rings is 3. The van der Waals surface area contributed by atoms with Crippen molar-refractivity contribution < 1.29 is 46.8 Å². The summed E-state index contributed by atoms with van der Waals surface area (Å²) in [4.78, 5) is 27.0. The first kappa shape index (κ1) is 41.0. The van der Waals surface area contributed by atoms with Crippen LogP contribution in [0.2, 0.25) is 0 Å². The summed E-state index contributed by atoms with van der Waals surface area (Å²) in [6.07, 6.45) is 5.21. The molecule has 2 N–H and O–H groups in total. The summed E-state index contributed by atoms with van der Waals surface area (Å²) in [7, 11) is 0. The van der Waals surface area contributed by atoms with Crippen molar-refractivity contribution in [2.75, 3.05) is 0 Å². The van der Waals surface area contributed by atoms with Crippen LogP contribution in [0.1, 0.15) is 103 Å². The Labute approximate surface area is 278 Å². The van der Waals surface area contributed by atoms with Crippen molar-refractivity contribution in [2.45, 2.75) is 92.9 Å². The van der Waals surface area contributed by atoms with E-state index in [1.165, 1.54) is 11.1 Å². The summed E-state index contributed by atoms with van der Waals surface area (Å²) >= 11 is 0. The van der Waals surface area contributed by atoms with Gasteiger partial charge in [-0.15, -0.1) is 0 Å². The molecule has 1 radical (unpaired) electrons. The van der Waals surface area contributed by atoms with Gasteiger partial charge in [-0.1, -0.05) is 73.6 Å². The van der Waals surface area contributed by atoms with Gasteiger partial charge in [0.25, 0.3) is 0 Å². The van der Waals surface area contributed by atoms with E-state index in [-0.39, 0.29) is 39.1 Å². The van der Waals surface area contributed by atoms with Crippen molar-refractivity contribution in [2.24, 2.45) is 9.98 Å². The summed E-state index contributed by atoms with van der Waals surface area (Å²) < 4.78 is 0. The number of aromatic hydroxyl groups is 2. The summed E-state index contributed by atoms with van der Waals surface area (Å²) in [5, 5.41) is 39.6. The third kappa shape index (κ3) is 14.1. The van der Waals surface area contributed by atoms with Crippen LogP contribution in [0.5, 0.6) is 11.5 Å². The monoisotopic (exact) mass is 661 g/mol. The van der Waals surface area contributed by atoms with E-state index >= 15 is 0 Å². The molecule has 0 fully saturated rings. The van der Waals surface area contributed by atoms with Crippen molar-refractivity contribution >= 4 is 35.7 Å². The number of aliphatic imine (C=N–C) groups is 2. The standard InChI is InChI=1S/C32H40N2O2.2C2H4O2.Co/c1-9-21-14-23(29(35)27(16-21)31(3,4)5)19-33-25-12-11-13-26(18-25)34-20-24-15-22(10-2)17-28(30(24)36)32(6,7)8;2*1-2(3)4;/h11-20,35-36H,9-10H2,1-8H3;2*1H3,(H,3,4);/q;;;+2/p-2. The van der Waals surface area contributed by atoms with Gasteiger partial charge in [0.2, 0.25) is 0 Å². The molecule has 9 heteroatoms. The van der Waals surface area contributed by atoms with Crippen LogP contribution in [-0.2, 0) is 50.0 Å². The predicted octanol–water partition coefficient (Wildman–Crippen LogP) is 5.83. The average molecular weight is 662 g/mol. The molecule has 0 aliphatic heterocycles. The van der Waals surface area contributed by atoms with E-state index in [2.05, 4.69) is 77.5 Å². The third-order valence-corrected chi connectivity index (χ3v) is 6.37. The molecule has 0 unspecified atom stereocenters. The Morgan fingerprint density at radius 3 is 1.27 bits per heavy atom. The summed E-state index contributed by atoms with van der Waals surface area (Å²) in [6, 6.07) is 15.8. The second kappa shape index (κ2) is 18.1. The SMILES string of the molecule is CC(=O)[O-].CC(=O)[O-].CCc1cc(C=Nc2cccc(N=Cc3cc(CC)cc(C(C)(C)C)c3O)c2)c(O)c(C(C)(C)C)c1.[Co+2]. The number of phenols is 2. The van der Waals surface area contributed by atoms with E-state index in [1.54, 1.807) is 12.4 Å². The molecule has 0 heterocycles. The van der Waals surface area contributed by atoms with Crippen LogP contribution in [0, 0.1) is 0 Å². The molecule has 0 aromatic heterocycles. The van der Waals surface area contributed by atoms with E-state index in [1.807, 2.05) is 36.4 Å². The second-order valence-electron chi connectivity index (χ2n) is 12.4. The molecule has 0 atom stereocenters. The molecule has 8 nitrogen and oxygen atoms in total. The fourth-order valence-electron chi connectivity index (χ4n) is 4.13. The van der Waals surface area contributed by atoms with Gasteiger partial charge in [0.05, 0.1) is 11.4 Å². The van der Waals surface area contributed by atoms with Gasteiger partial charge in [0, 0.05) is 46.6 Å². The van der Waals surface area contributed by atoms with Crippen molar-refractivity contribution in [3.05, 3.63) is 81.9 Å². The van der Waals surface area contributed by atoms with Crippen LogP contribution >= 0.6 is 0 Å². The van der Waals surface area contributed by atoms with Crippen molar-refractivity contribution in [3.8, 4) is 11.5 Å². The Kier molecular flexibility index (Phi) is 16.5. The molecule has 3 rings (SSSR count). The van der Waals surface area contributed by atoms with E-state index in [4.69, 9.17) is 19.8 Å². The summed E-state index contributed by atoms with van der Waals surface area (Å²) in [5.41, 5.74) is 6.75. The van der Waals surface area contributed by atoms with Gasteiger partial charge >= 0.3 is 16.8 Å². The van der Waals surface area contributed by atoms with Crippen molar-refractivity contribution in [1.82, 2.24) is 0 Å². The number of aryl methyl sites for hydroxylation is 2. The van der Waals surface area contributed by atoms with Crippen LogP contribution in [0.4, 0.5) is 11.4 Å². The summed E-state index contributed by atoms with van der Waals surface area (Å²) in [6.45, 7) is 18.8. The van der Waals surface area contributed by atoms with Crippen molar-refractivity contribution in [3.63, 3.8) is 0 Å². The minimum atomic E-state index is -1.08. The quantitative estimate of drug-likeness (QED) is 0.318. The first-order chi connectivity index (χ1) is 20.3. The van der Waals surface area contributed by atoms with Gasteiger partial charge in [0.15, 0.2) is 0 Å². The van der Waals surface area contributed by atoms with E-state index in [9.17, 15) is 10.2 Å². The number of hydrogen-bond acceptors (Lipinski definition) is 8. The van der Waals surface area contributed by atoms with Gasteiger partial charge in [0.1, 0.15) is 11.5 Å². The average Bonchev–Trinajstić information content (AvgIpc) is 2.90. The van der Waals surface area contributed by atoms with Crippen LogP contribution in [0.25, 0.3) is 0 Å². The summed E-state index contributed by atoms with van der Waals surface area (Å²) in [5.74, 6) is -1.61. The molecule has 3 aromatic rings. The zero-order valence-electron chi connectivity index (χ0n) is 27.9. The van der Waals surface area contributed by atoms with Crippen LogP contribution < -0.4 is 10.2 Å². The molecule has 0 bridgehead atoms. The molecule has 0 aliphatic carbocycles. The number of carboxylic acids is 2. The Bertz CT molecular complexity index is 1380. The van der Waals surface area contributed by atoms with Crippen molar-refractivity contribution in [1.29, 1.82) is 0 Å². The maximum Gasteiger partial charge on any atom is 2.00 e. The zero-order valence-corrected chi connectivity index (χ0v) is 29.0. The van der Waals surface area contributed by atoms with E-state index in [0.717, 1.165) is 49.2 Å². The predicted molar refractivity (Wildman–Crippen MR) is 175 cm³/mol. The Morgan fingerprint density at radius 1 is 0.689 bits per heavy atom. The number of carbonyl (C=O) groups is 2. The molecular formula is C36H46CoN2O6. The smallest absolute Gasteiger partial charge is 0.550 e. The molecule has 3 aromatic carbocycles. The number of aliphatic carboxylic acids is 2. The van der Waals surface area contributed by atoms with Crippen LogP contribution in [-0.4, -0.2) is 34.6 Å². The van der Waals surface area contributed by atoms with E-state index < -0.39 is 11.9 Å². The number of phenolic OH excluding ortho intramolecular Hbond substituents is 2. The maximum absolute atomic E-state index is 10.9. The topological polar surface area (TPSA) is 145 Å². The molecule has 0 saturated heterocycles. The largest absolute Gasteiger partial charge is 2.00 e. The number of rotatable bonds is 6. The molecule has 45 heavy (non-hydrogen) atoms. The second-order valence-corrected chi connectivity index (χ2v) is 12.4. The Morgan fingerprint density at radius 2 is 1.00 bits per heavy atom. The molecule has 245 valence electrons. The van der Waals surface area contributed by atoms with Crippen LogP contribution in [0.3, 0.4) is 0 Å². The van der Waals surface area contributed by atoms with Crippen LogP contribution in [0.15, 0.2) is 58.5 Å². The molecule has 0 saturated carbocycles. The van der Waals surface area contributed by atoms with Gasteiger partial charge in [-0.2, -0.15) is 0 Å². The first-order valence-electron chi connectivity index (χ1n) is 14.6. The molecule has 0 spiro atoms. The minimum Gasteiger partial charge on any atom is -0.550 e. The molecule has 0 amide bonds. The molecule has 0 aliphatic rings. The normalized spacial score (nSPS) is 11.2. The van der Waals surface area contributed by atoms with Gasteiger partial charge in [-0.05, 0) is 79.0 Å². The number of hydrogen-bond donors (Lipinski definition) is 2. The zero-order chi connectivity index (χ0) is 33.8. The van der Waals surface area contributed by atoms with E-state index in [0.29, 0.717) is 11.1 Å². The van der Waals surface area contributed by atoms with Gasteiger partial charge in [-0.25, -0.2) is 0 Å².